The first kappa shape index (κ1) is 18.4. The smallest absolute Gasteiger partial charge is 0.320 e. The first-order chi connectivity index (χ1) is 13.0. The molecular weight excluding hydrogens is 350 g/mol. The van der Waals surface area contributed by atoms with Crippen molar-refractivity contribution >= 4 is 5.97 Å². The van der Waals surface area contributed by atoms with E-state index in [0.717, 1.165) is 11.1 Å². The highest BCUT2D eigenvalue weighted by atomic mass is 16.5. The zero-order chi connectivity index (χ0) is 19.4. The number of carbonyl (C=O) groups is 1. The molecule has 0 amide bonds. The Balaban J connectivity index is 1.80. The van der Waals surface area contributed by atoms with Crippen molar-refractivity contribution in [3.8, 4) is 34.4 Å². The maximum absolute atomic E-state index is 10.8. The van der Waals surface area contributed by atoms with Crippen LogP contribution in [-0.2, 0) is 11.2 Å². The van der Waals surface area contributed by atoms with Crippen LogP contribution in [0.15, 0.2) is 46.9 Å². The van der Waals surface area contributed by atoms with Crippen LogP contribution < -0.4 is 15.2 Å². The van der Waals surface area contributed by atoms with E-state index in [1.807, 2.05) is 0 Å². The summed E-state index contributed by atoms with van der Waals surface area (Å²) in [5, 5.41) is 17.0. The van der Waals surface area contributed by atoms with Crippen molar-refractivity contribution in [1.29, 1.82) is 0 Å². The second-order valence-electron chi connectivity index (χ2n) is 5.83. The number of carboxylic acid groups (broad SMARTS) is 1. The van der Waals surface area contributed by atoms with Crippen LogP contribution in [0, 0.1) is 0 Å². The molecule has 27 heavy (non-hydrogen) atoms. The molecule has 8 heteroatoms. The molecule has 0 saturated heterocycles. The number of aliphatic carboxylic acids is 1. The summed E-state index contributed by atoms with van der Waals surface area (Å²) >= 11 is 0. The van der Waals surface area contributed by atoms with E-state index in [0.29, 0.717) is 28.8 Å². The third kappa shape index (κ3) is 4.06. The summed E-state index contributed by atoms with van der Waals surface area (Å²) in [6, 6.07) is 11.5. The van der Waals surface area contributed by atoms with Crippen molar-refractivity contribution < 1.29 is 23.8 Å². The number of nitrogens with zero attached hydrogens (tertiary/aromatic N) is 2. The topological polar surface area (TPSA) is 121 Å². The van der Waals surface area contributed by atoms with Gasteiger partial charge in [0.1, 0.15) is 6.04 Å². The minimum atomic E-state index is -1.03. The number of aromatic nitrogens is 2. The van der Waals surface area contributed by atoms with Crippen LogP contribution in [0.3, 0.4) is 0 Å². The molecule has 1 atom stereocenters. The molecule has 0 radical (unpaired) electrons. The molecule has 8 nitrogen and oxygen atoms in total. The highest BCUT2D eigenvalue weighted by Crippen LogP contribution is 2.32. The van der Waals surface area contributed by atoms with Crippen LogP contribution in [-0.4, -0.2) is 41.5 Å². The van der Waals surface area contributed by atoms with Gasteiger partial charge in [0, 0.05) is 11.1 Å². The minimum Gasteiger partial charge on any atom is -0.493 e. The summed E-state index contributed by atoms with van der Waals surface area (Å²) in [5.41, 5.74) is 7.79. The Hall–Kier alpha value is -3.39. The van der Waals surface area contributed by atoms with E-state index in [1.165, 1.54) is 0 Å². The Labute approximate surface area is 155 Å². The molecule has 0 spiro atoms. The molecule has 0 fully saturated rings. The zero-order valence-electron chi connectivity index (χ0n) is 14.9. The van der Waals surface area contributed by atoms with E-state index in [1.54, 1.807) is 56.7 Å². The number of methoxy groups -OCH3 is 2. The number of nitrogens with two attached hydrogens (primary N) is 1. The van der Waals surface area contributed by atoms with Gasteiger partial charge in [0.05, 0.1) is 14.2 Å². The van der Waals surface area contributed by atoms with Crippen molar-refractivity contribution in [1.82, 2.24) is 10.2 Å². The van der Waals surface area contributed by atoms with Gasteiger partial charge >= 0.3 is 5.97 Å². The molecule has 3 rings (SSSR count). The molecule has 1 aromatic heterocycles. The van der Waals surface area contributed by atoms with E-state index < -0.39 is 12.0 Å². The Bertz CT molecular complexity index is 937. The third-order valence-corrected chi connectivity index (χ3v) is 4.03. The fraction of sp³-hybridized carbons (Fsp3) is 0.211. The molecular formula is C19H19N3O5. The Kier molecular flexibility index (Phi) is 5.37. The lowest BCUT2D eigenvalue weighted by molar-refractivity contribution is -0.138. The lowest BCUT2D eigenvalue weighted by Crippen LogP contribution is -2.32. The molecule has 1 heterocycles. The molecule has 0 unspecified atom stereocenters. The summed E-state index contributed by atoms with van der Waals surface area (Å²) in [6.45, 7) is 0. The van der Waals surface area contributed by atoms with Crippen molar-refractivity contribution in [2.45, 2.75) is 12.5 Å². The first-order valence-corrected chi connectivity index (χ1v) is 8.15. The van der Waals surface area contributed by atoms with E-state index in [-0.39, 0.29) is 6.42 Å². The van der Waals surface area contributed by atoms with Gasteiger partial charge < -0.3 is 24.7 Å². The van der Waals surface area contributed by atoms with Crippen molar-refractivity contribution in [3.05, 3.63) is 48.0 Å². The summed E-state index contributed by atoms with van der Waals surface area (Å²) < 4.78 is 16.3. The average molecular weight is 369 g/mol. The Morgan fingerprint density at radius 1 is 1.04 bits per heavy atom. The van der Waals surface area contributed by atoms with Crippen LogP contribution in [0.1, 0.15) is 5.56 Å². The zero-order valence-corrected chi connectivity index (χ0v) is 14.9. The predicted molar refractivity (Wildman–Crippen MR) is 97.6 cm³/mol. The standard InChI is InChI=1S/C19H19N3O5/c1-25-15-8-7-13(10-16(15)26-2)18-22-21-17(27-18)12-5-3-11(4-6-12)9-14(20)19(23)24/h3-8,10,14H,9,20H2,1-2H3,(H,23,24)/t14-/m0/s1. The Morgan fingerprint density at radius 2 is 1.63 bits per heavy atom. The SMILES string of the molecule is COc1ccc(-c2nnc(-c3ccc(C[C@H](N)C(=O)O)cc3)o2)cc1OC. The summed E-state index contributed by atoms with van der Waals surface area (Å²) in [4.78, 5) is 10.8. The van der Waals surface area contributed by atoms with Crippen LogP contribution >= 0.6 is 0 Å². The van der Waals surface area contributed by atoms with Gasteiger partial charge in [0.2, 0.25) is 11.8 Å². The second kappa shape index (κ2) is 7.88. The molecule has 0 aliphatic heterocycles. The summed E-state index contributed by atoms with van der Waals surface area (Å²) in [5.74, 6) is 0.845. The van der Waals surface area contributed by atoms with Gasteiger partial charge in [-0.1, -0.05) is 12.1 Å². The van der Waals surface area contributed by atoms with Crippen LogP contribution in [0.4, 0.5) is 0 Å². The number of hydrogen-bond acceptors (Lipinski definition) is 7. The van der Waals surface area contributed by atoms with Gasteiger partial charge in [0.25, 0.3) is 0 Å². The van der Waals surface area contributed by atoms with Crippen molar-refractivity contribution in [2.75, 3.05) is 14.2 Å². The number of ether oxygens (including phenoxy) is 2. The quantitative estimate of drug-likeness (QED) is 0.651. The largest absolute Gasteiger partial charge is 0.493 e. The number of rotatable bonds is 7. The fourth-order valence-electron chi connectivity index (χ4n) is 2.55. The minimum absolute atomic E-state index is 0.246. The molecule has 0 saturated carbocycles. The fourth-order valence-corrected chi connectivity index (χ4v) is 2.55. The van der Waals surface area contributed by atoms with Gasteiger partial charge in [-0.15, -0.1) is 10.2 Å². The number of carboxylic acids is 1. The number of hydrogen-bond donors (Lipinski definition) is 2. The first-order valence-electron chi connectivity index (χ1n) is 8.15. The lowest BCUT2D eigenvalue weighted by Gasteiger charge is -2.07. The third-order valence-electron chi connectivity index (χ3n) is 4.03. The maximum atomic E-state index is 10.8. The monoisotopic (exact) mass is 369 g/mol. The van der Waals surface area contributed by atoms with E-state index >= 15 is 0 Å². The molecule has 0 bridgehead atoms. The van der Waals surface area contributed by atoms with E-state index in [2.05, 4.69) is 10.2 Å². The maximum Gasteiger partial charge on any atom is 0.320 e. The second-order valence-corrected chi connectivity index (χ2v) is 5.83. The Morgan fingerprint density at radius 3 is 2.22 bits per heavy atom. The predicted octanol–water partition coefficient (Wildman–Crippen LogP) is 2.38. The van der Waals surface area contributed by atoms with Crippen LogP contribution in [0.25, 0.3) is 22.9 Å². The van der Waals surface area contributed by atoms with Crippen LogP contribution in [0.2, 0.25) is 0 Å². The van der Waals surface area contributed by atoms with Gasteiger partial charge in [-0.25, -0.2) is 0 Å². The normalized spacial score (nSPS) is 11.8. The molecule has 3 N–H and O–H groups in total. The molecule has 0 aliphatic rings. The van der Waals surface area contributed by atoms with Gasteiger partial charge in [0.15, 0.2) is 11.5 Å². The van der Waals surface area contributed by atoms with Gasteiger partial charge in [-0.3, -0.25) is 4.79 Å². The highest BCUT2D eigenvalue weighted by Gasteiger charge is 2.15. The van der Waals surface area contributed by atoms with Crippen LogP contribution in [0.5, 0.6) is 11.5 Å². The number of benzene rings is 2. The van der Waals surface area contributed by atoms with E-state index in [4.69, 9.17) is 24.7 Å². The molecule has 3 aromatic rings. The molecule has 2 aromatic carbocycles. The average Bonchev–Trinajstić information content (AvgIpc) is 3.18. The summed E-state index contributed by atoms with van der Waals surface area (Å²) in [6.07, 6.45) is 0.246. The summed E-state index contributed by atoms with van der Waals surface area (Å²) in [7, 11) is 3.12. The van der Waals surface area contributed by atoms with E-state index in [9.17, 15) is 4.79 Å². The molecule has 140 valence electrons. The lowest BCUT2D eigenvalue weighted by atomic mass is 10.0. The molecule has 0 aliphatic carbocycles. The van der Waals surface area contributed by atoms with Crippen molar-refractivity contribution in [3.63, 3.8) is 0 Å². The highest BCUT2D eigenvalue weighted by molar-refractivity contribution is 5.73. The van der Waals surface area contributed by atoms with Gasteiger partial charge in [-0.05, 0) is 42.3 Å². The van der Waals surface area contributed by atoms with Gasteiger partial charge in [-0.2, -0.15) is 0 Å². The van der Waals surface area contributed by atoms with Crippen molar-refractivity contribution in [2.24, 2.45) is 5.73 Å².